The normalized spacial score (nSPS) is 11.6. The number of aromatic nitrogens is 2. The Balaban J connectivity index is 1.85. The minimum absolute atomic E-state index is 0.0668. The monoisotopic (exact) mass is 294 g/mol. The summed E-state index contributed by atoms with van der Waals surface area (Å²) in [5.74, 6) is -0.0668. The van der Waals surface area contributed by atoms with Crippen molar-refractivity contribution >= 4 is 5.97 Å². The number of carbonyl (C=O) groups excluding carboxylic acids is 1. The molecule has 0 radical (unpaired) electrons. The van der Waals surface area contributed by atoms with Crippen LogP contribution in [0.1, 0.15) is 72.1 Å². The van der Waals surface area contributed by atoms with Gasteiger partial charge in [0.2, 0.25) is 0 Å². The van der Waals surface area contributed by atoms with E-state index in [2.05, 4.69) is 9.55 Å². The standard InChI is InChI=1S/C17H30N2O2/c1-17(2,3)21-16(20)11-9-7-5-4-6-8-10-13-19-14-12-18-15-19/h12,14-15H,4-11,13H2,1-3H3. The lowest BCUT2D eigenvalue weighted by Crippen LogP contribution is -2.23. The molecule has 0 bridgehead atoms. The van der Waals surface area contributed by atoms with Crippen molar-refractivity contribution in [3.05, 3.63) is 18.7 Å². The summed E-state index contributed by atoms with van der Waals surface area (Å²) in [5, 5.41) is 0. The van der Waals surface area contributed by atoms with Crippen molar-refractivity contribution in [1.82, 2.24) is 9.55 Å². The molecule has 0 spiro atoms. The van der Waals surface area contributed by atoms with Crippen LogP contribution in [-0.4, -0.2) is 21.1 Å². The second kappa shape index (κ2) is 9.59. The van der Waals surface area contributed by atoms with Crippen LogP contribution < -0.4 is 0 Å². The second-order valence-corrected chi connectivity index (χ2v) is 6.61. The number of rotatable bonds is 10. The van der Waals surface area contributed by atoms with Gasteiger partial charge in [0.1, 0.15) is 5.60 Å². The highest BCUT2D eigenvalue weighted by molar-refractivity contribution is 5.69. The third kappa shape index (κ3) is 10.1. The maximum absolute atomic E-state index is 11.5. The highest BCUT2D eigenvalue weighted by Gasteiger charge is 2.15. The van der Waals surface area contributed by atoms with E-state index in [1.54, 1.807) is 0 Å². The Bertz CT molecular complexity index is 380. The molecule has 0 fully saturated rings. The van der Waals surface area contributed by atoms with Crippen LogP contribution in [0.4, 0.5) is 0 Å². The number of hydrogen-bond acceptors (Lipinski definition) is 3. The average Bonchev–Trinajstić information content (AvgIpc) is 2.87. The second-order valence-electron chi connectivity index (χ2n) is 6.61. The van der Waals surface area contributed by atoms with E-state index in [0.29, 0.717) is 6.42 Å². The van der Waals surface area contributed by atoms with Gasteiger partial charge in [0, 0.05) is 25.4 Å². The summed E-state index contributed by atoms with van der Waals surface area (Å²) in [6.45, 7) is 6.80. The number of hydrogen-bond donors (Lipinski definition) is 0. The molecule has 120 valence electrons. The first kappa shape index (κ1) is 17.7. The van der Waals surface area contributed by atoms with Crippen LogP contribution >= 0.6 is 0 Å². The van der Waals surface area contributed by atoms with Gasteiger partial charge in [-0.3, -0.25) is 4.79 Å². The zero-order valence-corrected chi connectivity index (χ0v) is 13.8. The smallest absolute Gasteiger partial charge is 0.306 e. The van der Waals surface area contributed by atoms with Gasteiger partial charge < -0.3 is 9.30 Å². The van der Waals surface area contributed by atoms with E-state index >= 15 is 0 Å². The van der Waals surface area contributed by atoms with Crippen LogP contribution in [0.3, 0.4) is 0 Å². The van der Waals surface area contributed by atoms with E-state index in [4.69, 9.17) is 4.74 Å². The molecule has 1 aromatic heterocycles. The van der Waals surface area contributed by atoms with Crippen LogP contribution in [0.2, 0.25) is 0 Å². The van der Waals surface area contributed by atoms with Crippen molar-refractivity contribution in [2.75, 3.05) is 0 Å². The predicted octanol–water partition coefficient (Wildman–Crippen LogP) is 4.35. The summed E-state index contributed by atoms with van der Waals surface area (Å²) >= 11 is 0. The molecule has 0 saturated carbocycles. The van der Waals surface area contributed by atoms with Gasteiger partial charge in [-0.2, -0.15) is 0 Å². The van der Waals surface area contributed by atoms with Crippen LogP contribution in [-0.2, 0) is 16.1 Å². The quantitative estimate of drug-likeness (QED) is 0.476. The molecule has 0 aliphatic rings. The minimum atomic E-state index is -0.355. The Morgan fingerprint density at radius 3 is 2.24 bits per heavy atom. The number of imidazole rings is 1. The number of aryl methyl sites for hydroxylation is 1. The van der Waals surface area contributed by atoms with E-state index in [0.717, 1.165) is 19.4 Å². The zero-order valence-electron chi connectivity index (χ0n) is 13.8. The lowest BCUT2D eigenvalue weighted by atomic mass is 10.1. The molecule has 0 atom stereocenters. The molecular weight excluding hydrogens is 264 g/mol. The van der Waals surface area contributed by atoms with Gasteiger partial charge in [0.15, 0.2) is 0 Å². The third-order valence-electron chi connectivity index (χ3n) is 3.28. The third-order valence-corrected chi connectivity index (χ3v) is 3.28. The summed E-state index contributed by atoms with van der Waals surface area (Å²) in [6.07, 6.45) is 14.6. The highest BCUT2D eigenvalue weighted by atomic mass is 16.6. The van der Waals surface area contributed by atoms with Gasteiger partial charge in [0.05, 0.1) is 6.33 Å². The molecule has 4 nitrogen and oxygen atoms in total. The van der Waals surface area contributed by atoms with Crippen LogP contribution in [0.25, 0.3) is 0 Å². The lowest BCUT2D eigenvalue weighted by molar-refractivity contribution is -0.154. The van der Waals surface area contributed by atoms with Gasteiger partial charge in [-0.1, -0.05) is 32.1 Å². The van der Waals surface area contributed by atoms with Crippen LogP contribution in [0.15, 0.2) is 18.7 Å². The van der Waals surface area contributed by atoms with Gasteiger partial charge in [0.25, 0.3) is 0 Å². The Kier molecular flexibility index (Phi) is 8.09. The molecule has 0 amide bonds. The van der Waals surface area contributed by atoms with Gasteiger partial charge >= 0.3 is 5.97 Å². The van der Waals surface area contributed by atoms with Crippen molar-refractivity contribution in [3.8, 4) is 0 Å². The van der Waals surface area contributed by atoms with E-state index in [9.17, 15) is 4.79 Å². The molecule has 0 unspecified atom stereocenters. The number of unbranched alkanes of at least 4 members (excludes halogenated alkanes) is 6. The minimum Gasteiger partial charge on any atom is -0.460 e. The first-order valence-electron chi connectivity index (χ1n) is 8.15. The molecule has 1 rings (SSSR count). The molecule has 0 aromatic carbocycles. The zero-order chi connectivity index (χ0) is 15.6. The molecular formula is C17H30N2O2. The van der Waals surface area contributed by atoms with E-state index in [1.807, 2.05) is 39.5 Å². The average molecular weight is 294 g/mol. The number of esters is 1. The molecule has 1 heterocycles. The Hall–Kier alpha value is -1.32. The molecule has 1 aromatic rings. The largest absolute Gasteiger partial charge is 0.460 e. The summed E-state index contributed by atoms with van der Waals surface area (Å²) < 4.78 is 7.41. The van der Waals surface area contributed by atoms with E-state index < -0.39 is 0 Å². The molecule has 4 heteroatoms. The van der Waals surface area contributed by atoms with Crippen molar-refractivity contribution in [1.29, 1.82) is 0 Å². The fourth-order valence-corrected chi connectivity index (χ4v) is 2.26. The van der Waals surface area contributed by atoms with Gasteiger partial charge in [-0.15, -0.1) is 0 Å². The van der Waals surface area contributed by atoms with Gasteiger partial charge in [-0.25, -0.2) is 4.98 Å². The van der Waals surface area contributed by atoms with Crippen molar-refractivity contribution in [3.63, 3.8) is 0 Å². The fourth-order valence-electron chi connectivity index (χ4n) is 2.26. The summed E-state index contributed by atoms with van der Waals surface area (Å²) in [7, 11) is 0. The predicted molar refractivity (Wildman–Crippen MR) is 85.0 cm³/mol. The summed E-state index contributed by atoms with van der Waals surface area (Å²) in [4.78, 5) is 15.5. The fraction of sp³-hybridized carbons (Fsp3) is 0.765. The summed E-state index contributed by atoms with van der Waals surface area (Å²) in [5.41, 5.74) is -0.355. The van der Waals surface area contributed by atoms with Gasteiger partial charge in [-0.05, 0) is 33.6 Å². The Labute approximate surface area is 128 Å². The number of nitrogens with zero attached hydrogens (tertiary/aromatic N) is 2. The van der Waals surface area contributed by atoms with Crippen molar-refractivity contribution < 1.29 is 9.53 Å². The number of ether oxygens (including phenoxy) is 1. The summed E-state index contributed by atoms with van der Waals surface area (Å²) in [6, 6.07) is 0. The SMILES string of the molecule is CC(C)(C)OC(=O)CCCCCCCCCn1ccnc1. The highest BCUT2D eigenvalue weighted by Crippen LogP contribution is 2.12. The Morgan fingerprint density at radius 1 is 1.05 bits per heavy atom. The molecule has 0 aliphatic carbocycles. The lowest BCUT2D eigenvalue weighted by Gasteiger charge is -2.19. The van der Waals surface area contributed by atoms with Crippen LogP contribution in [0, 0.1) is 0 Å². The molecule has 0 saturated heterocycles. The van der Waals surface area contributed by atoms with Crippen LogP contribution in [0.5, 0.6) is 0 Å². The van der Waals surface area contributed by atoms with Crippen molar-refractivity contribution in [2.45, 2.75) is 84.3 Å². The van der Waals surface area contributed by atoms with E-state index in [-0.39, 0.29) is 11.6 Å². The molecule has 21 heavy (non-hydrogen) atoms. The maximum Gasteiger partial charge on any atom is 0.306 e. The maximum atomic E-state index is 11.5. The first-order valence-corrected chi connectivity index (χ1v) is 8.15. The van der Waals surface area contributed by atoms with E-state index in [1.165, 1.54) is 32.1 Å². The molecule has 0 N–H and O–H groups in total. The first-order chi connectivity index (χ1) is 9.97. The Morgan fingerprint density at radius 2 is 1.67 bits per heavy atom. The molecule has 0 aliphatic heterocycles. The topological polar surface area (TPSA) is 44.1 Å². The van der Waals surface area contributed by atoms with Crippen molar-refractivity contribution in [2.24, 2.45) is 0 Å². The number of carbonyl (C=O) groups is 1.